The van der Waals surface area contributed by atoms with Crippen molar-refractivity contribution in [2.45, 2.75) is 19.1 Å². The number of carbonyl (C=O) groups is 1. The third-order valence-electron chi connectivity index (χ3n) is 3.38. The van der Waals surface area contributed by atoms with Gasteiger partial charge in [-0.3, -0.25) is 4.79 Å². The van der Waals surface area contributed by atoms with Crippen LogP contribution < -0.4 is 5.32 Å². The van der Waals surface area contributed by atoms with Crippen LogP contribution in [0.3, 0.4) is 0 Å². The van der Waals surface area contributed by atoms with Crippen LogP contribution in [0.1, 0.15) is 34.0 Å². The lowest BCUT2D eigenvalue weighted by Gasteiger charge is -2.10. The van der Waals surface area contributed by atoms with E-state index in [1.807, 2.05) is 24.4 Å². The summed E-state index contributed by atoms with van der Waals surface area (Å²) in [5.74, 6) is -0.517. The first kappa shape index (κ1) is 17.6. The number of rotatable bonds is 4. The third kappa shape index (κ3) is 4.05. The lowest BCUT2D eigenvalue weighted by Crippen LogP contribution is -2.27. The van der Waals surface area contributed by atoms with Crippen LogP contribution in [0.25, 0.3) is 10.6 Å². The summed E-state index contributed by atoms with van der Waals surface area (Å²) in [5, 5.41) is 4.94. The summed E-state index contributed by atoms with van der Waals surface area (Å²) in [6.45, 7) is 1.84. The minimum absolute atomic E-state index is 0.0548. The molecule has 2 heterocycles. The number of alkyl halides is 3. The van der Waals surface area contributed by atoms with Crippen molar-refractivity contribution in [1.29, 1.82) is 0 Å². The fraction of sp³-hybridized carbons (Fsp3) is 0.188. The van der Waals surface area contributed by atoms with Gasteiger partial charge in [0.25, 0.3) is 5.91 Å². The van der Waals surface area contributed by atoms with E-state index in [2.05, 4.69) is 14.7 Å². The van der Waals surface area contributed by atoms with E-state index in [-0.39, 0.29) is 22.4 Å². The Morgan fingerprint density at radius 3 is 2.72 bits per heavy atom. The number of thiophene rings is 1. The highest BCUT2D eigenvalue weighted by Crippen LogP contribution is 2.32. The number of halogens is 3. The molecule has 1 unspecified atom stereocenters. The smallest absolute Gasteiger partial charge is 0.342 e. The molecule has 0 bridgehead atoms. The molecule has 0 aliphatic carbocycles. The molecule has 1 aromatic carbocycles. The predicted molar refractivity (Wildman–Crippen MR) is 90.5 cm³/mol. The highest BCUT2D eigenvalue weighted by molar-refractivity contribution is 7.10. The first-order valence-electron chi connectivity index (χ1n) is 7.20. The molecule has 2 aromatic heterocycles. The number of nitrogens with zero attached hydrogens (tertiary/aromatic N) is 2. The molecule has 1 N–H and O–H groups in total. The SMILES string of the molecule is CC(NC(=O)c1nsc(-c2cccc(C(F)(F)F)c2)n1)c1cccs1. The summed E-state index contributed by atoms with van der Waals surface area (Å²) in [5.41, 5.74) is -0.491. The van der Waals surface area contributed by atoms with Crippen molar-refractivity contribution in [2.24, 2.45) is 0 Å². The van der Waals surface area contributed by atoms with Gasteiger partial charge in [-0.15, -0.1) is 11.3 Å². The summed E-state index contributed by atoms with van der Waals surface area (Å²) < 4.78 is 42.4. The third-order valence-corrected chi connectivity index (χ3v) is 5.20. The zero-order valence-corrected chi connectivity index (χ0v) is 14.5. The van der Waals surface area contributed by atoms with Crippen LogP contribution in [-0.4, -0.2) is 15.3 Å². The largest absolute Gasteiger partial charge is 0.416 e. The lowest BCUT2D eigenvalue weighted by molar-refractivity contribution is -0.137. The molecule has 3 rings (SSSR count). The van der Waals surface area contributed by atoms with E-state index < -0.39 is 17.6 Å². The molecule has 0 fully saturated rings. The number of hydrogen-bond donors (Lipinski definition) is 1. The topological polar surface area (TPSA) is 54.9 Å². The lowest BCUT2D eigenvalue weighted by atomic mass is 10.1. The van der Waals surface area contributed by atoms with Gasteiger partial charge in [-0.05, 0) is 42.0 Å². The van der Waals surface area contributed by atoms with Crippen molar-refractivity contribution in [2.75, 3.05) is 0 Å². The van der Waals surface area contributed by atoms with E-state index >= 15 is 0 Å². The Labute approximate surface area is 149 Å². The Kier molecular flexibility index (Phi) is 4.87. The van der Waals surface area contributed by atoms with Crippen LogP contribution in [-0.2, 0) is 6.18 Å². The number of amides is 1. The van der Waals surface area contributed by atoms with Gasteiger partial charge in [0, 0.05) is 10.4 Å². The van der Waals surface area contributed by atoms with Gasteiger partial charge < -0.3 is 5.32 Å². The van der Waals surface area contributed by atoms with E-state index in [0.29, 0.717) is 0 Å². The molecule has 0 aliphatic heterocycles. The van der Waals surface area contributed by atoms with Gasteiger partial charge in [0.15, 0.2) is 0 Å². The fourth-order valence-corrected chi connectivity index (χ4v) is 3.52. The van der Waals surface area contributed by atoms with Gasteiger partial charge >= 0.3 is 6.18 Å². The highest BCUT2D eigenvalue weighted by Gasteiger charge is 2.30. The van der Waals surface area contributed by atoms with E-state index in [1.54, 1.807) is 0 Å². The van der Waals surface area contributed by atoms with Gasteiger partial charge in [0.2, 0.25) is 5.82 Å². The molecular formula is C16H12F3N3OS2. The number of benzene rings is 1. The molecule has 0 saturated carbocycles. The van der Waals surface area contributed by atoms with Gasteiger partial charge in [-0.2, -0.15) is 17.5 Å². The van der Waals surface area contributed by atoms with Gasteiger partial charge in [0.05, 0.1) is 11.6 Å². The summed E-state index contributed by atoms with van der Waals surface area (Å²) in [6, 6.07) is 8.38. The van der Waals surface area contributed by atoms with Crippen LogP contribution in [0.4, 0.5) is 13.2 Å². The van der Waals surface area contributed by atoms with Gasteiger partial charge in [0.1, 0.15) is 5.01 Å². The monoisotopic (exact) mass is 383 g/mol. The first-order valence-corrected chi connectivity index (χ1v) is 8.85. The van der Waals surface area contributed by atoms with Crippen molar-refractivity contribution in [3.8, 4) is 10.6 Å². The molecule has 1 atom stereocenters. The summed E-state index contributed by atoms with van der Waals surface area (Å²) in [6.07, 6.45) is -4.43. The maximum atomic E-state index is 12.8. The van der Waals surface area contributed by atoms with Gasteiger partial charge in [-0.1, -0.05) is 18.2 Å². The highest BCUT2D eigenvalue weighted by atomic mass is 32.1. The van der Waals surface area contributed by atoms with Crippen LogP contribution in [0.2, 0.25) is 0 Å². The predicted octanol–water partition coefficient (Wildman–Crippen LogP) is 4.78. The number of nitrogens with one attached hydrogen (secondary N) is 1. The molecule has 4 nitrogen and oxygen atoms in total. The van der Waals surface area contributed by atoms with Crippen molar-refractivity contribution < 1.29 is 18.0 Å². The minimum atomic E-state index is -4.43. The summed E-state index contributed by atoms with van der Waals surface area (Å²) in [4.78, 5) is 17.3. The fourth-order valence-electron chi connectivity index (χ4n) is 2.13. The molecule has 9 heteroatoms. The van der Waals surface area contributed by atoms with E-state index in [4.69, 9.17) is 0 Å². The Morgan fingerprint density at radius 1 is 1.24 bits per heavy atom. The Morgan fingerprint density at radius 2 is 2.04 bits per heavy atom. The molecule has 0 saturated heterocycles. The summed E-state index contributed by atoms with van der Waals surface area (Å²) in [7, 11) is 0. The molecular weight excluding hydrogens is 371 g/mol. The van der Waals surface area contributed by atoms with Crippen molar-refractivity contribution in [1.82, 2.24) is 14.7 Å². The normalized spacial score (nSPS) is 12.8. The quantitative estimate of drug-likeness (QED) is 0.706. The average molecular weight is 383 g/mol. The maximum absolute atomic E-state index is 12.8. The number of aromatic nitrogens is 2. The molecule has 0 radical (unpaired) electrons. The number of hydrogen-bond acceptors (Lipinski definition) is 5. The second-order valence-corrected chi connectivity index (χ2v) is 6.94. The Hall–Kier alpha value is -2.26. The van der Waals surface area contributed by atoms with Crippen LogP contribution in [0.5, 0.6) is 0 Å². The Bertz CT molecular complexity index is 875. The molecule has 130 valence electrons. The van der Waals surface area contributed by atoms with E-state index in [1.165, 1.54) is 23.5 Å². The zero-order valence-electron chi connectivity index (χ0n) is 12.9. The average Bonchev–Trinajstić information content (AvgIpc) is 3.26. The second-order valence-electron chi connectivity index (χ2n) is 5.21. The number of carbonyl (C=O) groups excluding carboxylic acids is 1. The van der Waals surface area contributed by atoms with E-state index in [0.717, 1.165) is 28.5 Å². The molecule has 0 spiro atoms. The molecule has 25 heavy (non-hydrogen) atoms. The van der Waals surface area contributed by atoms with Crippen molar-refractivity contribution >= 4 is 28.8 Å². The van der Waals surface area contributed by atoms with Crippen LogP contribution in [0, 0.1) is 0 Å². The van der Waals surface area contributed by atoms with Crippen LogP contribution >= 0.6 is 22.9 Å². The minimum Gasteiger partial charge on any atom is -0.342 e. The van der Waals surface area contributed by atoms with Gasteiger partial charge in [-0.25, -0.2) is 4.98 Å². The van der Waals surface area contributed by atoms with Crippen molar-refractivity contribution in [3.05, 3.63) is 58.0 Å². The summed E-state index contributed by atoms with van der Waals surface area (Å²) >= 11 is 2.40. The van der Waals surface area contributed by atoms with Crippen molar-refractivity contribution in [3.63, 3.8) is 0 Å². The van der Waals surface area contributed by atoms with E-state index in [9.17, 15) is 18.0 Å². The van der Waals surface area contributed by atoms with Crippen LogP contribution in [0.15, 0.2) is 41.8 Å². The first-order chi connectivity index (χ1) is 11.8. The second kappa shape index (κ2) is 6.93. The maximum Gasteiger partial charge on any atom is 0.416 e. The molecule has 0 aliphatic rings. The standard InChI is InChI=1S/C16H12F3N3OS2/c1-9(12-6-3-7-24-12)20-14(23)13-21-15(25-22-13)10-4-2-5-11(8-10)16(17,18)19/h2-9H,1H3,(H,20,23). The molecule has 1 amide bonds. The zero-order chi connectivity index (χ0) is 18.0. The Balaban J connectivity index is 1.77. The molecule has 3 aromatic rings.